The zero-order valence-electron chi connectivity index (χ0n) is 15.5. The highest BCUT2D eigenvalue weighted by atomic mass is 79.9. The van der Waals surface area contributed by atoms with Crippen molar-refractivity contribution in [1.29, 1.82) is 0 Å². The predicted octanol–water partition coefficient (Wildman–Crippen LogP) is 2.40. The number of methoxy groups -OCH3 is 1. The third-order valence-corrected chi connectivity index (χ3v) is 5.05. The van der Waals surface area contributed by atoms with E-state index >= 15 is 0 Å². The zero-order valence-corrected chi connectivity index (χ0v) is 17.1. The Kier molecular flexibility index (Phi) is 6.78. The summed E-state index contributed by atoms with van der Waals surface area (Å²) in [5, 5.41) is 11.2. The lowest BCUT2D eigenvalue weighted by Gasteiger charge is -2.25. The molecule has 9 heteroatoms. The summed E-state index contributed by atoms with van der Waals surface area (Å²) in [5.74, 6) is 2.15. The second-order valence-corrected chi connectivity index (χ2v) is 7.22. The molecule has 1 aromatic heterocycles. The summed E-state index contributed by atoms with van der Waals surface area (Å²) in [6.07, 6.45) is 1.79. The first-order valence-electron chi connectivity index (χ1n) is 8.99. The van der Waals surface area contributed by atoms with Crippen LogP contribution in [0.4, 0.5) is 4.39 Å². The third-order valence-electron chi connectivity index (χ3n) is 4.28. The van der Waals surface area contributed by atoms with E-state index in [4.69, 9.17) is 4.74 Å². The zero-order chi connectivity index (χ0) is 19.2. The van der Waals surface area contributed by atoms with Crippen LogP contribution in [0, 0.1) is 5.82 Å². The van der Waals surface area contributed by atoms with Gasteiger partial charge in [0.1, 0.15) is 18.2 Å². The van der Waals surface area contributed by atoms with Crippen molar-refractivity contribution in [2.24, 2.45) is 4.99 Å². The van der Waals surface area contributed by atoms with Crippen LogP contribution < -0.4 is 10.6 Å². The van der Waals surface area contributed by atoms with Crippen molar-refractivity contribution in [2.75, 3.05) is 13.7 Å². The van der Waals surface area contributed by atoms with Gasteiger partial charge < -0.3 is 15.4 Å². The number of ether oxygens (including phenoxy) is 1. The Morgan fingerprint density at radius 3 is 3.11 bits per heavy atom. The largest absolute Gasteiger partial charge is 0.377 e. The maximum Gasteiger partial charge on any atom is 0.191 e. The number of aliphatic imine (C=N–C) groups is 1. The molecule has 0 aliphatic carbocycles. The van der Waals surface area contributed by atoms with Crippen LogP contribution in [0.1, 0.15) is 30.6 Å². The lowest BCUT2D eigenvalue weighted by molar-refractivity contribution is 0.177. The normalized spacial score (nSPS) is 16.9. The van der Waals surface area contributed by atoms with E-state index in [1.165, 1.54) is 12.1 Å². The molecule has 1 aliphatic heterocycles. The standard InChI is InChI=1S/C18H24BrFN6O/c1-3-21-18(22-9-12-8-13(20)4-6-15(12)19)23-14-5-7-17-24-16(11-27-2)25-26(17)10-14/h4,6,8,14H,3,5,7,9-11H2,1-2H3,(H2,21,22,23). The van der Waals surface area contributed by atoms with Crippen LogP contribution in [-0.2, 0) is 30.9 Å². The van der Waals surface area contributed by atoms with E-state index in [9.17, 15) is 4.39 Å². The maximum atomic E-state index is 13.5. The average molecular weight is 439 g/mol. The highest BCUT2D eigenvalue weighted by Gasteiger charge is 2.22. The third kappa shape index (κ3) is 5.26. The van der Waals surface area contributed by atoms with E-state index in [2.05, 4.69) is 41.6 Å². The summed E-state index contributed by atoms with van der Waals surface area (Å²) in [6.45, 7) is 4.29. The van der Waals surface area contributed by atoms with Crippen molar-refractivity contribution < 1.29 is 9.13 Å². The van der Waals surface area contributed by atoms with Crippen LogP contribution in [0.15, 0.2) is 27.7 Å². The van der Waals surface area contributed by atoms with E-state index in [-0.39, 0.29) is 11.9 Å². The molecular weight excluding hydrogens is 415 g/mol. The topological polar surface area (TPSA) is 76.4 Å². The molecule has 2 aromatic rings. The monoisotopic (exact) mass is 438 g/mol. The molecule has 2 heterocycles. The smallest absolute Gasteiger partial charge is 0.191 e. The summed E-state index contributed by atoms with van der Waals surface area (Å²) >= 11 is 3.45. The Hall–Kier alpha value is -2.00. The summed E-state index contributed by atoms with van der Waals surface area (Å²) in [5.41, 5.74) is 0.804. The molecule has 1 aromatic carbocycles. The van der Waals surface area contributed by atoms with Gasteiger partial charge in [0, 0.05) is 30.6 Å². The molecule has 0 fully saturated rings. The van der Waals surface area contributed by atoms with E-state index < -0.39 is 0 Å². The second kappa shape index (κ2) is 9.27. The molecule has 0 radical (unpaired) electrons. The van der Waals surface area contributed by atoms with Gasteiger partial charge >= 0.3 is 0 Å². The first-order valence-corrected chi connectivity index (χ1v) is 9.78. The minimum atomic E-state index is -0.265. The Morgan fingerprint density at radius 2 is 2.33 bits per heavy atom. The highest BCUT2D eigenvalue weighted by Crippen LogP contribution is 2.19. The Morgan fingerprint density at radius 1 is 1.48 bits per heavy atom. The SMILES string of the molecule is CCNC(=NCc1cc(F)ccc1Br)NC1CCc2nc(COC)nn2C1. The molecule has 146 valence electrons. The van der Waals surface area contributed by atoms with Crippen LogP contribution in [0.5, 0.6) is 0 Å². The lowest BCUT2D eigenvalue weighted by atomic mass is 10.1. The lowest BCUT2D eigenvalue weighted by Crippen LogP contribution is -2.47. The minimum absolute atomic E-state index is 0.198. The molecule has 1 atom stereocenters. The first-order chi connectivity index (χ1) is 13.1. The molecule has 3 rings (SSSR count). The molecule has 2 N–H and O–H groups in total. The number of guanidine groups is 1. The van der Waals surface area contributed by atoms with E-state index in [0.29, 0.717) is 24.9 Å². The fourth-order valence-electron chi connectivity index (χ4n) is 3.01. The van der Waals surface area contributed by atoms with E-state index in [0.717, 1.165) is 41.8 Å². The summed E-state index contributed by atoms with van der Waals surface area (Å²) in [4.78, 5) is 9.10. The van der Waals surface area contributed by atoms with Gasteiger partial charge in [0.05, 0.1) is 13.1 Å². The number of nitrogens with one attached hydrogen (secondary N) is 2. The number of aryl methyl sites for hydroxylation is 1. The Labute approximate surface area is 166 Å². The van der Waals surface area contributed by atoms with Crippen LogP contribution >= 0.6 is 15.9 Å². The van der Waals surface area contributed by atoms with Gasteiger partial charge in [-0.25, -0.2) is 19.0 Å². The van der Waals surface area contributed by atoms with Gasteiger partial charge in [-0.15, -0.1) is 0 Å². The van der Waals surface area contributed by atoms with Crippen molar-refractivity contribution in [1.82, 2.24) is 25.4 Å². The first kappa shape index (κ1) is 19.8. The number of aromatic nitrogens is 3. The number of benzene rings is 1. The van der Waals surface area contributed by atoms with E-state index in [1.54, 1.807) is 13.2 Å². The van der Waals surface area contributed by atoms with Gasteiger partial charge in [-0.2, -0.15) is 5.10 Å². The second-order valence-electron chi connectivity index (χ2n) is 6.37. The molecule has 27 heavy (non-hydrogen) atoms. The summed E-state index contributed by atoms with van der Waals surface area (Å²) in [7, 11) is 1.64. The van der Waals surface area contributed by atoms with Gasteiger partial charge in [0.2, 0.25) is 0 Å². The number of rotatable bonds is 6. The van der Waals surface area contributed by atoms with Gasteiger partial charge in [-0.05, 0) is 37.1 Å². The van der Waals surface area contributed by atoms with Crippen molar-refractivity contribution >= 4 is 21.9 Å². The van der Waals surface area contributed by atoms with Crippen molar-refractivity contribution in [3.63, 3.8) is 0 Å². The molecular formula is C18H24BrFN6O. The van der Waals surface area contributed by atoms with Crippen LogP contribution in [0.3, 0.4) is 0 Å². The fourth-order valence-corrected chi connectivity index (χ4v) is 3.38. The molecule has 0 saturated carbocycles. The van der Waals surface area contributed by atoms with Crippen molar-refractivity contribution in [3.8, 4) is 0 Å². The number of nitrogens with zero attached hydrogens (tertiary/aromatic N) is 4. The van der Waals surface area contributed by atoms with Crippen molar-refractivity contribution in [2.45, 2.75) is 45.5 Å². The quantitative estimate of drug-likeness (QED) is 0.534. The highest BCUT2D eigenvalue weighted by molar-refractivity contribution is 9.10. The van der Waals surface area contributed by atoms with Gasteiger partial charge in [0.15, 0.2) is 11.8 Å². The Balaban J connectivity index is 1.66. The summed E-state index contributed by atoms with van der Waals surface area (Å²) < 4.78 is 21.4. The maximum absolute atomic E-state index is 13.5. The van der Waals surface area contributed by atoms with Crippen LogP contribution in [0.2, 0.25) is 0 Å². The number of hydrogen-bond donors (Lipinski definition) is 2. The molecule has 7 nitrogen and oxygen atoms in total. The van der Waals surface area contributed by atoms with Crippen LogP contribution in [0.25, 0.3) is 0 Å². The van der Waals surface area contributed by atoms with Gasteiger partial charge in [0.25, 0.3) is 0 Å². The minimum Gasteiger partial charge on any atom is -0.377 e. The van der Waals surface area contributed by atoms with Gasteiger partial charge in [-0.3, -0.25) is 0 Å². The van der Waals surface area contributed by atoms with E-state index in [1.807, 2.05) is 11.6 Å². The fraction of sp³-hybridized carbons (Fsp3) is 0.500. The Bertz CT molecular complexity index is 809. The number of halogens is 2. The molecule has 0 saturated heterocycles. The molecule has 0 bridgehead atoms. The number of fused-ring (bicyclic) bond motifs is 1. The molecule has 1 unspecified atom stereocenters. The van der Waals surface area contributed by atoms with Crippen LogP contribution in [-0.4, -0.2) is 40.4 Å². The predicted molar refractivity (Wildman–Crippen MR) is 105 cm³/mol. The summed E-state index contributed by atoms with van der Waals surface area (Å²) in [6, 6.07) is 4.82. The molecule has 0 amide bonds. The number of hydrogen-bond acceptors (Lipinski definition) is 4. The molecule has 1 aliphatic rings. The van der Waals surface area contributed by atoms with Crippen molar-refractivity contribution in [3.05, 3.63) is 45.7 Å². The average Bonchev–Trinajstić information content (AvgIpc) is 3.04. The molecule has 0 spiro atoms. The van der Waals surface area contributed by atoms with Gasteiger partial charge in [-0.1, -0.05) is 15.9 Å².